The van der Waals surface area contributed by atoms with Gasteiger partial charge in [-0.1, -0.05) is 27.2 Å². The van der Waals surface area contributed by atoms with Gasteiger partial charge < -0.3 is 25.2 Å². The molecule has 10 nitrogen and oxygen atoms in total. The molecule has 2 amide bonds. The fourth-order valence-electron chi connectivity index (χ4n) is 6.03. The van der Waals surface area contributed by atoms with Gasteiger partial charge in [-0.15, -0.1) is 0 Å². The van der Waals surface area contributed by atoms with Gasteiger partial charge in [0.1, 0.15) is 5.82 Å². The Kier molecular flexibility index (Phi) is 9.51. The molecule has 0 aliphatic carbocycles. The molecule has 3 atom stereocenters. The van der Waals surface area contributed by atoms with Crippen LogP contribution in [0.3, 0.4) is 0 Å². The van der Waals surface area contributed by atoms with Crippen LogP contribution in [0.5, 0.6) is 0 Å². The van der Waals surface area contributed by atoms with Crippen LogP contribution >= 0.6 is 0 Å². The predicted molar refractivity (Wildman–Crippen MR) is 167 cm³/mol. The number of ether oxygens (including phenoxy) is 1. The Morgan fingerprint density at radius 1 is 1.07 bits per heavy atom. The highest BCUT2D eigenvalue weighted by molar-refractivity contribution is 5.89. The highest BCUT2D eigenvalue weighted by Gasteiger charge is 2.33. The first-order valence-electron chi connectivity index (χ1n) is 15.3. The second-order valence-corrected chi connectivity index (χ2v) is 11.7. The second-order valence-electron chi connectivity index (χ2n) is 11.7. The fraction of sp³-hybridized carbons (Fsp3) is 0.531. The Hall–Kier alpha value is -3.79. The number of carbonyl (C=O) groups is 1. The molecule has 0 radical (unpaired) electrons. The van der Waals surface area contributed by atoms with E-state index in [2.05, 4.69) is 65.0 Å². The first kappa shape index (κ1) is 29.7. The topological polar surface area (TPSA) is 108 Å². The van der Waals surface area contributed by atoms with Gasteiger partial charge in [0.15, 0.2) is 5.82 Å². The van der Waals surface area contributed by atoms with Crippen molar-refractivity contribution in [3.63, 3.8) is 0 Å². The monoisotopic (exact) mass is 572 g/mol. The summed E-state index contributed by atoms with van der Waals surface area (Å²) in [5, 5.41) is 5.95. The Bertz CT molecular complexity index is 1330. The maximum absolute atomic E-state index is 12.5. The van der Waals surface area contributed by atoms with Crippen molar-refractivity contribution >= 4 is 23.5 Å². The molecule has 0 bridgehead atoms. The maximum Gasteiger partial charge on any atom is 0.319 e. The van der Waals surface area contributed by atoms with Crippen molar-refractivity contribution in [2.75, 3.05) is 48.0 Å². The molecule has 2 aromatic heterocycles. The van der Waals surface area contributed by atoms with Crippen molar-refractivity contribution in [1.82, 2.24) is 25.3 Å². The molecule has 1 aromatic carbocycles. The summed E-state index contributed by atoms with van der Waals surface area (Å²) < 4.78 is 5.74. The Morgan fingerprint density at radius 2 is 1.83 bits per heavy atom. The normalized spacial score (nSPS) is 19.4. The van der Waals surface area contributed by atoms with Gasteiger partial charge in [-0.25, -0.2) is 24.7 Å². The van der Waals surface area contributed by atoms with Crippen LogP contribution in [0.1, 0.15) is 64.8 Å². The highest BCUT2D eigenvalue weighted by Crippen LogP contribution is 2.37. The van der Waals surface area contributed by atoms with Crippen LogP contribution in [-0.2, 0) is 11.2 Å². The summed E-state index contributed by atoms with van der Waals surface area (Å²) >= 11 is 0. The third-order valence-corrected chi connectivity index (χ3v) is 8.60. The number of amides is 2. The van der Waals surface area contributed by atoms with Crippen molar-refractivity contribution in [1.29, 1.82) is 0 Å². The third kappa shape index (κ3) is 6.64. The van der Waals surface area contributed by atoms with E-state index in [1.165, 1.54) is 5.56 Å². The molecule has 42 heavy (non-hydrogen) atoms. The number of carbonyl (C=O) groups excluding carboxylic acids is 1. The number of nitrogens with one attached hydrogen (secondary N) is 2. The average molecular weight is 573 g/mol. The van der Waals surface area contributed by atoms with Crippen molar-refractivity contribution in [3.8, 4) is 11.4 Å². The molecule has 4 heterocycles. The largest absolute Gasteiger partial charge is 0.377 e. The van der Waals surface area contributed by atoms with Crippen LogP contribution in [0.4, 0.5) is 22.2 Å². The van der Waals surface area contributed by atoms with Gasteiger partial charge in [0.2, 0.25) is 5.95 Å². The van der Waals surface area contributed by atoms with Gasteiger partial charge in [-0.2, -0.15) is 0 Å². The zero-order valence-electron chi connectivity index (χ0n) is 25.5. The number of morpholine rings is 1. The van der Waals surface area contributed by atoms with E-state index in [0.29, 0.717) is 43.4 Å². The van der Waals surface area contributed by atoms with E-state index in [-0.39, 0.29) is 18.1 Å². The van der Waals surface area contributed by atoms with E-state index in [1.807, 2.05) is 30.3 Å². The van der Waals surface area contributed by atoms with Gasteiger partial charge in [-0.05, 0) is 68.9 Å². The van der Waals surface area contributed by atoms with Gasteiger partial charge in [0.05, 0.1) is 31.0 Å². The molecule has 5 rings (SSSR count). The van der Waals surface area contributed by atoms with Gasteiger partial charge >= 0.3 is 6.03 Å². The zero-order chi connectivity index (χ0) is 29.6. The average Bonchev–Trinajstić information content (AvgIpc) is 3.00. The van der Waals surface area contributed by atoms with E-state index < -0.39 is 0 Å². The number of nitrogens with zero attached hydrogens (tertiary/aromatic N) is 6. The lowest BCUT2D eigenvalue weighted by Gasteiger charge is -2.39. The fourth-order valence-corrected chi connectivity index (χ4v) is 6.03. The van der Waals surface area contributed by atoms with Gasteiger partial charge in [-0.3, -0.25) is 0 Å². The van der Waals surface area contributed by atoms with Crippen molar-refractivity contribution in [3.05, 3.63) is 54.0 Å². The summed E-state index contributed by atoms with van der Waals surface area (Å²) in [6.45, 7) is 14.6. The summed E-state index contributed by atoms with van der Waals surface area (Å²) in [4.78, 5) is 36.4. The summed E-state index contributed by atoms with van der Waals surface area (Å²) in [6.07, 6.45) is 6.47. The highest BCUT2D eigenvalue weighted by atomic mass is 16.5. The summed E-state index contributed by atoms with van der Waals surface area (Å²) in [7, 11) is 0. The molecule has 2 N–H and O–H groups in total. The number of benzene rings is 1. The molecule has 0 spiro atoms. The lowest BCUT2D eigenvalue weighted by Crippen LogP contribution is -2.46. The molecule has 3 aromatic rings. The van der Waals surface area contributed by atoms with Crippen LogP contribution in [0.2, 0.25) is 0 Å². The number of hydrogen-bond acceptors (Lipinski definition) is 8. The molecular formula is C32H44N8O2. The lowest BCUT2D eigenvalue weighted by molar-refractivity contribution is 0.0984. The minimum atomic E-state index is -0.188. The van der Waals surface area contributed by atoms with E-state index in [9.17, 15) is 4.79 Å². The van der Waals surface area contributed by atoms with E-state index in [4.69, 9.17) is 14.7 Å². The first-order valence-corrected chi connectivity index (χ1v) is 15.3. The van der Waals surface area contributed by atoms with Crippen LogP contribution in [0, 0.1) is 11.8 Å². The van der Waals surface area contributed by atoms with E-state index >= 15 is 0 Å². The standard InChI is InChI=1S/C32H44N8O2/c1-6-24(21(2)3)12-16-35-32(41)36-26-10-8-25(9-11-26)29-37-28-23(5)40(31-33-14-7-15-34-31)17-13-27(28)30(38-29)39-18-19-42-20-22(39)4/h7-11,14-15,21-24H,6,12-13,16-20H2,1-5H3,(H2,35,36,41). The van der Waals surface area contributed by atoms with Crippen LogP contribution < -0.4 is 20.4 Å². The van der Waals surface area contributed by atoms with Gasteiger partial charge in [0.25, 0.3) is 0 Å². The summed E-state index contributed by atoms with van der Waals surface area (Å²) in [6, 6.07) is 9.61. The van der Waals surface area contributed by atoms with Crippen LogP contribution in [0.15, 0.2) is 42.7 Å². The van der Waals surface area contributed by atoms with E-state index in [1.54, 1.807) is 12.4 Å². The first-order chi connectivity index (χ1) is 20.4. The Labute approximate surface area is 249 Å². The zero-order valence-corrected chi connectivity index (χ0v) is 25.5. The predicted octanol–water partition coefficient (Wildman–Crippen LogP) is 5.48. The third-order valence-electron chi connectivity index (χ3n) is 8.60. The number of aromatic nitrogens is 4. The number of rotatable bonds is 9. The van der Waals surface area contributed by atoms with Crippen molar-refractivity contribution < 1.29 is 9.53 Å². The quantitative estimate of drug-likeness (QED) is 0.347. The van der Waals surface area contributed by atoms with Crippen molar-refractivity contribution in [2.24, 2.45) is 11.8 Å². The summed E-state index contributed by atoms with van der Waals surface area (Å²) in [5.41, 5.74) is 3.81. The number of anilines is 3. The molecule has 10 heteroatoms. The second kappa shape index (κ2) is 13.5. The Morgan fingerprint density at radius 3 is 2.52 bits per heavy atom. The molecule has 1 fully saturated rings. The molecule has 2 aliphatic heterocycles. The SMILES string of the molecule is CCC(CCNC(=O)Nc1ccc(-c2nc3c(c(N4CCOCC4C)n2)CCN(c2ncccn2)C3C)cc1)C(C)C. The smallest absolute Gasteiger partial charge is 0.319 e. The van der Waals surface area contributed by atoms with Crippen molar-refractivity contribution in [2.45, 2.75) is 66.0 Å². The van der Waals surface area contributed by atoms with E-state index in [0.717, 1.165) is 55.1 Å². The maximum atomic E-state index is 12.5. The number of fused-ring (bicyclic) bond motifs is 1. The van der Waals surface area contributed by atoms with Crippen LogP contribution in [0.25, 0.3) is 11.4 Å². The number of hydrogen-bond donors (Lipinski definition) is 2. The van der Waals surface area contributed by atoms with Crippen LogP contribution in [-0.4, -0.2) is 64.9 Å². The molecular weight excluding hydrogens is 528 g/mol. The molecule has 224 valence electrons. The Balaban J connectivity index is 1.37. The minimum Gasteiger partial charge on any atom is -0.377 e. The number of urea groups is 1. The minimum absolute atomic E-state index is 0.0133. The molecule has 2 aliphatic rings. The molecule has 3 unspecified atom stereocenters. The molecule has 1 saturated heterocycles. The molecule has 0 saturated carbocycles. The van der Waals surface area contributed by atoms with Gasteiger partial charge in [0, 0.05) is 48.8 Å². The lowest BCUT2D eigenvalue weighted by atomic mass is 9.90. The summed E-state index contributed by atoms with van der Waals surface area (Å²) in [5.74, 6) is 3.59.